The van der Waals surface area contributed by atoms with Gasteiger partial charge in [-0.25, -0.2) is 4.98 Å². The van der Waals surface area contributed by atoms with Gasteiger partial charge in [0.25, 0.3) is 0 Å². The van der Waals surface area contributed by atoms with E-state index in [9.17, 15) is 4.79 Å². The van der Waals surface area contributed by atoms with Gasteiger partial charge in [-0.15, -0.1) is 0 Å². The predicted octanol–water partition coefficient (Wildman–Crippen LogP) is 2.98. The first kappa shape index (κ1) is 14.6. The van der Waals surface area contributed by atoms with Crippen LogP contribution in [0.15, 0.2) is 30.6 Å². The lowest BCUT2D eigenvalue weighted by Crippen LogP contribution is -2.30. The van der Waals surface area contributed by atoms with Gasteiger partial charge >= 0.3 is 0 Å². The number of imidazole rings is 1. The first-order valence-electron chi connectivity index (χ1n) is 7.40. The summed E-state index contributed by atoms with van der Waals surface area (Å²) in [6.45, 7) is 5.69. The highest BCUT2D eigenvalue weighted by Crippen LogP contribution is 2.12. The molecule has 0 saturated heterocycles. The molecular weight excluding hydrogens is 250 g/mol. The van der Waals surface area contributed by atoms with Crippen LogP contribution in [0.4, 0.5) is 0 Å². The van der Waals surface area contributed by atoms with Gasteiger partial charge in [0.1, 0.15) is 0 Å². The molecule has 1 unspecified atom stereocenters. The van der Waals surface area contributed by atoms with Crippen molar-refractivity contribution in [3.63, 3.8) is 0 Å². The van der Waals surface area contributed by atoms with Gasteiger partial charge in [-0.3, -0.25) is 4.79 Å². The molecule has 108 valence electrons. The normalized spacial score (nSPS) is 12.5. The van der Waals surface area contributed by atoms with Crippen LogP contribution in [0.25, 0.3) is 11.0 Å². The molecule has 0 saturated carbocycles. The van der Waals surface area contributed by atoms with Gasteiger partial charge in [-0.05, 0) is 25.0 Å². The molecule has 2 aromatic rings. The molecule has 0 aliphatic carbocycles. The second kappa shape index (κ2) is 7.08. The molecule has 0 bridgehead atoms. The third-order valence-corrected chi connectivity index (χ3v) is 3.57. The van der Waals surface area contributed by atoms with E-state index in [0.29, 0.717) is 0 Å². The third-order valence-electron chi connectivity index (χ3n) is 3.57. The highest BCUT2D eigenvalue weighted by atomic mass is 16.1. The smallest absolute Gasteiger partial charge is 0.222 e. The predicted molar refractivity (Wildman–Crippen MR) is 81.4 cm³/mol. The number of carbonyl (C=O) groups excluding carboxylic acids is 1. The van der Waals surface area contributed by atoms with Crippen LogP contribution in [0, 0.1) is 5.92 Å². The van der Waals surface area contributed by atoms with E-state index in [4.69, 9.17) is 0 Å². The van der Waals surface area contributed by atoms with E-state index < -0.39 is 0 Å². The number of benzene rings is 1. The van der Waals surface area contributed by atoms with Crippen LogP contribution in [-0.2, 0) is 11.3 Å². The number of fused-ring (bicyclic) bond motifs is 1. The van der Waals surface area contributed by atoms with Crippen LogP contribution in [-0.4, -0.2) is 22.0 Å². The molecule has 1 amide bonds. The molecule has 1 aromatic heterocycles. The standard InChI is InChI=1S/C16H23N3O/c1-3-7-13(2)16(20)17-10-6-11-19-12-18-14-8-4-5-9-15(14)19/h4-5,8-9,12-13H,3,6-7,10-11H2,1-2H3,(H,17,20). The van der Waals surface area contributed by atoms with E-state index in [2.05, 4.69) is 27.9 Å². The fourth-order valence-electron chi connectivity index (χ4n) is 2.39. The van der Waals surface area contributed by atoms with Crippen molar-refractivity contribution in [1.29, 1.82) is 0 Å². The maximum atomic E-state index is 11.8. The van der Waals surface area contributed by atoms with E-state index in [1.807, 2.05) is 31.5 Å². The summed E-state index contributed by atoms with van der Waals surface area (Å²) >= 11 is 0. The molecule has 0 radical (unpaired) electrons. The summed E-state index contributed by atoms with van der Waals surface area (Å²) in [5.41, 5.74) is 2.17. The Morgan fingerprint density at radius 1 is 1.40 bits per heavy atom. The molecule has 0 aliphatic heterocycles. The summed E-state index contributed by atoms with van der Waals surface area (Å²) in [5.74, 6) is 0.288. The van der Waals surface area contributed by atoms with Crippen molar-refractivity contribution in [3.8, 4) is 0 Å². The lowest BCUT2D eigenvalue weighted by atomic mass is 10.1. The molecule has 0 spiro atoms. The van der Waals surface area contributed by atoms with Crippen molar-refractivity contribution in [2.24, 2.45) is 5.92 Å². The summed E-state index contributed by atoms with van der Waals surface area (Å²) in [6, 6.07) is 8.11. The number of hydrogen-bond acceptors (Lipinski definition) is 2. The van der Waals surface area contributed by atoms with Crippen LogP contribution >= 0.6 is 0 Å². The van der Waals surface area contributed by atoms with Crippen molar-refractivity contribution < 1.29 is 4.79 Å². The molecule has 1 atom stereocenters. The monoisotopic (exact) mass is 273 g/mol. The Bertz CT molecular complexity index is 562. The van der Waals surface area contributed by atoms with Crippen LogP contribution in [0.2, 0.25) is 0 Å². The molecule has 4 heteroatoms. The average molecular weight is 273 g/mol. The van der Waals surface area contributed by atoms with Crippen LogP contribution in [0.5, 0.6) is 0 Å². The topological polar surface area (TPSA) is 46.9 Å². The number of carbonyl (C=O) groups is 1. The summed E-state index contributed by atoms with van der Waals surface area (Å²) < 4.78 is 2.14. The van der Waals surface area contributed by atoms with Gasteiger partial charge in [0.2, 0.25) is 5.91 Å². The minimum Gasteiger partial charge on any atom is -0.356 e. The van der Waals surface area contributed by atoms with Gasteiger partial charge in [0, 0.05) is 19.0 Å². The quantitative estimate of drug-likeness (QED) is 0.788. The highest BCUT2D eigenvalue weighted by Gasteiger charge is 2.10. The minimum absolute atomic E-state index is 0.120. The number of para-hydroxylation sites is 2. The molecular formula is C16H23N3O. The maximum absolute atomic E-state index is 11.8. The Balaban J connectivity index is 1.77. The SMILES string of the molecule is CCCC(C)C(=O)NCCCn1cnc2ccccc21. The number of aromatic nitrogens is 2. The number of nitrogens with one attached hydrogen (secondary N) is 1. The van der Waals surface area contributed by atoms with E-state index in [0.717, 1.165) is 43.4 Å². The first-order valence-corrected chi connectivity index (χ1v) is 7.40. The number of amides is 1. The number of aryl methyl sites for hydroxylation is 1. The number of rotatable bonds is 7. The number of hydrogen-bond donors (Lipinski definition) is 1. The van der Waals surface area contributed by atoms with Crippen LogP contribution < -0.4 is 5.32 Å². The van der Waals surface area contributed by atoms with Crippen molar-refractivity contribution >= 4 is 16.9 Å². The Hall–Kier alpha value is -1.84. The summed E-state index contributed by atoms with van der Waals surface area (Å²) in [5, 5.41) is 3.01. The van der Waals surface area contributed by atoms with Crippen molar-refractivity contribution in [2.45, 2.75) is 39.7 Å². The molecule has 0 aliphatic rings. The lowest BCUT2D eigenvalue weighted by Gasteiger charge is -2.11. The third kappa shape index (κ3) is 3.59. The fraction of sp³-hybridized carbons (Fsp3) is 0.500. The van der Waals surface area contributed by atoms with Gasteiger partial charge in [-0.2, -0.15) is 0 Å². The number of nitrogens with zero attached hydrogens (tertiary/aromatic N) is 2. The minimum atomic E-state index is 0.120. The molecule has 1 heterocycles. The van der Waals surface area contributed by atoms with Crippen LogP contribution in [0.3, 0.4) is 0 Å². The Morgan fingerprint density at radius 2 is 2.20 bits per heavy atom. The van der Waals surface area contributed by atoms with E-state index in [1.165, 1.54) is 0 Å². The van der Waals surface area contributed by atoms with Gasteiger partial charge in [0.15, 0.2) is 0 Å². The Kier molecular flexibility index (Phi) is 5.16. The average Bonchev–Trinajstić information content (AvgIpc) is 2.87. The van der Waals surface area contributed by atoms with Gasteiger partial charge in [-0.1, -0.05) is 32.4 Å². The first-order chi connectivity index (χ1) is 9.72. The molecule has 1 aromatic carbocycles. The van der Waals surface area contributed by atoms with Gasteiger partial charge < -0.3 is 9.88 Å². The lowest BCUT2D eigenvalue weighted by molar-refractivity contribution is -0.124. The van der Waals surface area contributed by atoms with E-state index in [-0.39, 0.29) is 11.8 Å². The van der Waals surface area contributed by atoms with Gasteiger partial charge in [0.05, 0.1) is 17.4 Å². The van der Waals surface area contributed by atoms with Crippen LogP contribution in [0.1, 0.15) is 33.1 Å². The van der Waals surface area contributed by atoms with Crippen molar-refractivity contribution in [3.05, 3.63) is 30.6 Å². The van der Waals surface area contributed by atoms with E-state index in [1.54, 1.807) is 0 Å². The Labute approximate surface area is 120 Å². The molecule has 2 rings (SSSR count). The summed E-state index contributed by atoms with van der Waals surface area (Å²) in [7, 11) is 0. The zero-order chi connectivity index (χ0) is 14.4. The second-order valence-electron chi connectivity index (χ2n) is 5.26. The summed E-state index contributed by atoms with van der Waals surface area (Å²) in [4.78, 5) is 16.1. The Morgan fingerprint density at radius 3 is 3.00 bits per heavy atom. The second-order valence-corrected chi connectivity index (χ2v) is 5.26. The molecule has 20 heavy (non-hydrogen) atoms. The zero-order valence-electron chi connectivity index (χ0n) is 12.3. The molecule has 0 fully saturated rings. The van der Waals surface area contributed by atoms with E-state index >= 15 is 0 Å². The largest absolute Gasteiger partial charge is 0.356 e. The highest BCUT2D eigenvalue weighted by molar-refractivity contribution is 5.78. The maximum Gasteiger partial charge on any atom is 0.222 e. The fourth-order valence-corrected chi connectivity index (χ4v) is 2.39. The zero-order valence-corrected chi connectivity index (χ0v) is 12.3. The summed E-state index contributed by atoms with van der Waals surface area (Å²) in [6.07, 6.45) is 4.80. The molecule has 1 N–H and O–H groups in total. The molecule has 4 nitrogen and oxygen atoms in total. The van der Waals surface area contributed by atoms with Crippen molar-refractivity contribution in [1.82, 2.24) is 14.9 Å². The van der Waals surface area contributed by atoms with Crippen molar-refractivity contribution in [2.75, 3.05) is 6.54 Å².